The summed E-state index contributed by atoms with van der Waals surface area (Å²) in [5.41, 5.74) is 6.07. The van der Waals surface area contributed by atoms with E-state index in [2.05, 4.69) is 5.32 Å². The van der Waals surface area contributed by atoms with Gasteiger partial charge in [0.15, 0.2) is 6.61 Å². The Labute approximate surface area is 127 Å². The van der Waals surface area contributed by atoms with Crippen molar-refractivity contribution < 1.29 is 19.1 Å². The Morgan fingerprint density at radius 1 is 1.09 bits per heavy atom. The van der Waals surface area contributed by atoms with Crippen molar-refractivity contribution in [2.75, 3.05) is 19.0 Å². The molecular formula is C16H16N2O4. The second kappa shape index (κ2) is 7.12. The fourth-order valence-electron chi connectivity index (χ4n) is 1.76. The van der Waals surface area contributed by atoms with Gasteiger partial charge in [0.1, 0.15) is 11.5 Å². The lowest BCUT2D eigenvalue weighted by Gasteiger charge is -2.08. The van der Waals surface area contributed by atoms with E-state index in [4.69, 9.17) is 15.2 Å². The Morgan fingerprint density at radius 3 is 2.45 bits per heavy atom. The fourth-order valence-corrected chi connectivity index (χ4v) is 1.76. The number of hydrogen-bond donors (Lipinski definition) is 2. The molecule has 2 aromatic rings. The van der Waals surface area contributed by atoms with Crippen LogP contribution in [0.4, 0.5) is 5.69 Å². The number of nitrogens with two attached hydrogens (primary N) is 1. The summed E-state index contributed by atoms with van der Waals surface area (Å²) in [6.45, 7) is -0.233. The summed E-state index contributed by atoms with van der Waals surface area (Å²) in [6.07, 6.45) is 0. The number of primary amides is 1. The summed E-state index contributed by atoms with van der Waals surface area (Å²) in [4.78, 5) is 22.9. The molecule has 0 aliphatic rings. The molecule has 2 aromatic carbocycles. The van der Waals surface area contributed by atoms with Crippen LogP contribution in [0.3, 0.4) is 0 Å². The molecule has 0 bridgehead atoms. The monoisotopic (exact) mass is 300 g/mol. The molecule has 6 heteroatoms. The second-order valence-electron chi connectivity index (χ2n) is 4.47. The van der Waals surface area contributed by atoms with E-state index in [0.29, 0.717) is 22.7 Å². The van der Waals surface area contributed by atoms with Gasteiger partial charge >= 0.3 is 0 Å². The van der Waals surface area contributed by atoms with Gasteiger partial charge in [-0.15, -0.1) is 0 Å². The summed E-state index contributed by atoms with van der Waals surface area (Å²) >= 11 is 0. The Bertz CT molecular complexity index is 668. The quantitative estimate of drug-likeness (QED) is 0.851. The van der Waals surface area contributed by atoms with E-state index < -0.39 is 5.91 Å². The summed E-state index contributed by atoms with van der Waals surface area (Å²) in [5, 5.41) is 2.76. The van der Waals surface area contributed by atoms with Crippen LogP contribution in [0, 0.1) is 0 Å². The molecule has 0 saturated heterocycles. The molecule has 0 aliphatic heterocycles. The molecule has 0 spiro atoms. The third kappa shape index (κ3) is 4.24. The van der Waals surface area contributed by atoms with E-state index in [0.717, 1.165) is 0 Å². The van der Waals surface area contributed by atoms with Crippen LogP contribution in [0.2, 0.25) is 0 Å². The molecule has 2 amide bonds. The highest BCUT2D eigenvalue weighted by Gasteiger charge is 2.08. The fraction of sp³-hybridized carbons (Fsp3) is 0.125. The first kappa shape index (κ1) is 15.4. The molecule has 22 heavy (non-hydrogen) atoms. The van der Waals surface area contributed by atoms with Gasteiger partial charge in [0.05, 0.1) is 7.11 Å². The number of methoxy groups -OCH3 is 1. The first-order chi connectivity index (χ1) is 10.6. The van der Waals surface area contributed by atoms with Gasteiger partial charge in [-0.2, -0.15) is 0 Å². The third-order valence-electron chi connectivity index (χ3n) is 2.83. The van der Waals surface area contributed by atoms with Crippen molar-refractivity contribution in [1.29, 1.82) is 0 Å². The molecule has 0 heterocycles. The SMILES string of the molecule is COc1ccc(NC(=O)c2cccc(OCC(N)=O)c2)cc1. The predicted octanol–water partition coefficient (Wildman–Crippen LogP) is 1.81. The lowest BCUT2D eigenvalue weighted by atomic mass is 10.2. The summed E-state index contributed by atoms with van der Waals surface area (Å²) in [6, 6.07) is 13.5. The number of nitrogens with one attached hydrogen (secondary N) is 1. The second-order valence-corrected chi connectivity index (χ2v) is 4.47. The number of benzene rings is 2. The minimum Gasteiger partial charge on any atom is -0.497 e. The van der Waals surface area contributed by atoms with E-state index in [9.17, 15) is 9.59 Å². The van der Waals surface area contributed by atoms with E-state index in [1.807, 2.05) is 0 Å². The van der Waals surface area contributed by atoms with Crippen LogP contribution in [-0.4, -0.2) is 25.5 Å². The predicted molar refractivity (Wildman–Crippen MR) is 82.1 cm³/mol. The van der Waals surface area contributed by atoms with Gasteiger partial charge in [-0.25, -0.2) is 0 Å². The Morgan fingerprint density at radius 2 is 1.82 bits per heavy atom. The van der Waals surface area contributed by atoms with Gasteiger partial charge in [-0.1, -0.05) is 6.07 Å². The Hall–Kier alpha value is -3.02. The average Bonchev–Trinajstić information content (AvgIpc) is 2.54. The van der Waals surface area contributed by atoms with Gasteiger partial charge in [0.2, 0.25) is 0 Å². The van der Waals surface area contributed by atoms with Crippen LogP contribution in [0.1, 0.15) is 10.4 Å². The zero-order valence-electron chi connectivity index (χ0n) is 12.0. The summed E-state index contributed by atoms with van der Waals surface area (Å²) < 4.78 is 10.2. The van der Waals surface area contributed by atoms with Crippen LogP contribution < -0.4 is 20.5 Å². The lowest BCUT2D eigenvalue weighted by Crippen LogP contribution is -2.20. The van der Waals surface area contributed by atoms with Crippen molar-refractivity contribution in [3.05, 3.63) is 54.1 Å². The van der Waals surface area contributed by atoms with Crippen LogP contribution in [-0.2, 0) is 4.79 Å². The number of rotatable bonds is 6. The van der Waals surface area contributed by atoms with Gasteiger partial charge < -0.3 is 20.5 Å². The first-order valence-corrected chi connectivity index (χ1v) is 6.55. The third-order valence-corrected chi connectivity index (χ3v) is 2.83. The normalized spacial score (nSPS) is 9.86. The van der Waals surface area contributed by atoms with E-state index in [-0.39, 0.29) is 12.5 Å². The molecule has 3 N–H and O–H groups in total. The smallest absolute Gasteiger partial charge is 0.255 e. The van der Waals surface area contributed by atoms with Crippen LogP contribution in [0.25, 0.3) is 0 Å². The zero-order valence-corrected chi connectivity index (χ0v) is 12.0. The number of amides is 2. The molecule has 114 valence electrons. The van der Waals surface area contributed by atoms with Gasteiger partial charge in [-0.3, -0.25) is 9.59 Å². The number of carbonyl (C=O) groups excluding carboxylic acids is 2. The molecule has 0 atom stereocenters. The highest BCUT2D eigenvalue weighted by Crippen LogP contribution is 2.18. The topological polar surface area (TPSA) is 90.7 Å². The molecule has 0 aromatic heterocycles. The maximum absolute atomic E-state index is 12.2. The highest BCUT2D eigenvalue weighted by molar-refractivity contribution is 6.04. The van der Waals surface area contributed by atoms with Crippen LogP contribution in [0.15, 0.2) is 48.5 Å². The molecule has 0 fully saturated rings. The molecular weight excluding hydrogens is 284 g/mol. The molecule has 6 nitrogen and oxygen atoms in total. The number of hydrogen-bond acceptors (Lipinski definition) is 4. The van der Waals surface area contributed by atoms with E-state index >= 15 is 0 Å². The summed E-state index contributed by atoms with van der Waals surface area (Å²) in [7, 11) is 1.57. The Balaban J connectivity index is 2.05. The molecule has 0 unspecified atom stereocenters. The standard InChI is InChI=1S/C16H16N2O4/c1-21-13-7-5-12(6-8-13)18-16(20)11-3-2-4-14(9-11)22-10-15(17)19/h2-9H,10H2,1H3,(H2,17,19)(H,18,20). The van der Waals surface area contributed by atoms with Crippen LogP contribution in [0.5, 0.6) is 11.5 Å². The highest BCUT2D eigenvalue weighted by atomic mass is 16.5. The number of ether oxygens (including phenoxy) is 2. The van der Waals surface area contributed by atoms with Crippen molar-refractivity contribution in [1.82, 2.24) is 0 Å². The van der Waals surface area contributed by atoms with E-state index in [1.165, 1.54) is 0 Å². The molecule has 2 rings (SSSR count). The minimum absolute atomic E-state index is 0.233. The molecule has 0 radical (unpaired) electrons. The molecule has 0 saturated carbocycles. The Kier molecular flexibility index (Phi) is 4.98. The number of carbonyl (C=O) groups is 2. The maximum Gasteiger partial charge on any atom is 0.255 e. The summed E-state index contributed by atoms with van der Waals surface area (Å²) in [5.74, 6) is 0.254. The van der Waals surface area contributed by atoms with Crippen molar-refractivity contribution >= 4 is 17.5 Å². The van der Waals surface area contributed by atoms with Crippen molar-refractivity contribution in [2.24, 2.45) is 5.73 Å². The van der Waals surface area contributed by atoms with Gasteiger partial charge in [-0.05, 0) is 42.5 Å². The average molecular weight is 300 g/mol. The first-order valence-electron chi connectivity index (χ1n) is 6.55. The number of anilines is 1. The van der Waals surface area contributed by atoms with E-state index in [1.54, 1.807) is 55.6 Å². The van der Waals surface area contributed by atoms with Crippen molar-refractivity contribution in [3.63, 3.8) is 0 Å². The zero-order chi connectivity index (χ0) is 15.9. The largest absolute Gasteiger partial charge is 0.497 e. The van der Waals surface area contributed by atoms with Gasteiger partial charge in [0, 0.05) is 11.3 Å². The van der Waals surface area contributed by atoms with Crippen molar-refractivity contribution in [2.45, 2.75) is 0 Å². The lowest BCUT2D eigenvalue weighted by molar-refractivity contribution is -0.119. The van der Waals surface area contributed by atoms with Gasteiger partial charge in [0.25, 0.3) is 11.8 Å². The maximum atomic E-state index is 12.2. The van der Waals surface area contributed by atoms with Crippen LogP contribution >= 0.6 is 0 Å². The van der Waals surface area contributed by atoms with Crippen molar-refractivity contribution in [3.8, 4) is 11.5 Å². The minimum atomic E-state index is -0.576. The molecule has 0 aliphatic carbocycles.